The Hall–Kier alpha value is -0.950. The smallest absolute Gasteiger partial charge is 0.280 e. The van der Waals surface area contributed by atoms with E-state index < -0.39 is 10.2 Å². The van der Waals surface area contributed by atoms with Crippen molar-refractivity contribution >= 4 is 10.2 Å². The van der Waals surface area contributed by atoms with Crippen LogP contribution in [0.25, 0.3) is 0 Å². The van der Waals surface area contributed by atoms with Crippen LogP contribution >= 0.6 is 0 Å². The number of nitrogens with zero attached hydrogens (tertiary/aromatic N) is 1. The molecule has 1 aromatic carbocycles. The molecule has 0 amide bonds. The first kappa shape index (κ1) is 16.4. The minimum atomic E-state index is -3.50. The third kappa shape index (κ3) is 4.03. The van der Waals surface area contributed by atoms with Gasteiger partial charge in [0, 0.05) is 25.2 Å². The lowest BCUT2D eigenvalue weighted by Gasteiger charge is -2.35. The summed E-state index contributed by atoms with van der Waals surface area (Å²) in [4.78, 5) is 0. The van der Waals surface area contributed by atoms with Crippen molar-refractivity contribution in [3.05, 3.63) is 35.9 Å². The third-order valence-electron chi connectivity index (χ3n) is 4.06. The van der Waals surface area contributed by atoms with Crippen molar-refractivity contribution in [1.29, 1.82) is 0 Å². The van der Waals surface area contributed by atoms with Gasteiger partial charge in [-0.15, -0.1) is 0 Å². The second-order valence-corrected chi connectivity index (χ2v) is 7.15. The van der Waals surface area contributed by atoms with E-state index in [0.717, 1.165) is 24.8 Å². The summed E-state index contributed by atoms with van der Waals surface area (Å²) in [5.41, 5.74) is 6.72. The van der Waals surface area contributed by atoms with Crippen molar-refractivity contribution in [3.63, 3.8) is 0 Å². The summed E-state index contributed by atoms with van der Waals surface area (Å²) >= 11 is 0. The van der Waals surface area contributed by atoms with Crippen LogP contribution < -0.4 is 10.5 Å². The summed E-state index contributed by atoms with van der Waals surface area (Å²) < 4.78 is 29.7. The second-order valence-electron chi connectivity index (χ2n) is 5.49. The summed E-state index contributed by atoms with van der Waals surface area (Å²) in [5.74, 6) is 0. The molecule has 1 fully saturated rings. The van der Waals surface area contributed by atoms with Gasteiger partial charge in [-0.1, -0.05) is 43.7 Å². The zero-order chi connectivity index (χ0) is 15.3. The topological polar surface area (TPSA) is 75.4 Å². The van der Waals surface area contributed by atoms with E-state index in [1.54, 1.807) is 4.31 Å². The number of hydrogen-bond acceptors (Lipinski definition) is 3. The second kappa shape index (κ2) is 7.35. The van der Waals surface area contributed by atoms with Gasteiger partial charge in [-0.3, -0.25) is 0 Å². The van der Waals surface area contributed by atoms with Crippen LogP contribution in [-0.4, -0.2) is 31.9 Å². The zero-order valence-corrected chi connectivity index (χ0v) is 13.3. The monoisotopic (exact) mass is 311 g/mol. The van der Waals surface area contributed by atoms with E-state index >= 15 is 0 Å². The van der Waals surface area contributed by atoms with Crippen molar-refractivity contribution in [2.45, 2.75) is 44.7 Å². The molecule has 1 heterocycles. The van der Waals surface area contributed by atoms with Gasteiger partial charge in [-0.2, -0.15) is 17.4 Å². The molecule has 0 aliphatic carbocycles. The van der Waals surface area contributed by atoms with Gasteiger partial charge in [-0.05, 0) is 24.8 Å². The highest BCUT2D eigenvalue weighted by molar-refractivity contribution is 7.87. The van der Waals surface area contributed by atoms with Gasteiger partial charge in [0.25, 0.3) is 10.2 Å². The Balaban J connectivity index is 2.15. The molecule has 1 aliphatic heterocycles. The molecule has 21 heavy (non-hydrogen) atoms. The molecular weight excluding hydrogens is 286 g/mol. The number of nitrogens with one attached hydrogen (secondary N) is 1. The molecule has 0 aromatic heterocycles. The van der Waals surface area contributed by atoms with Crippen molar-refractivity contribution < 1.29 is 8.42 Å². The maximum atomic E-state index is 12.7. The maximum absolute atomic E-state index is 12.7. The molecule has 2 atom stereocenters. The van der Waals surface area contributed by atoms with Gasteiger partial charge in [0.15, 0.2) is 0 Å². The number of piperidine rings is 1. The Morgan fingerprint density at radius 3 is 2.67 bits per heavy atom. The van der Waals surface area contributed by atoms with Gasteiger partial charge in [0.1, 0.15) is 0 Å². The first-order valence-corrected chi connectivity index (χ1v) is 9.06. The van der Waals surface area contributed by atoms with Crippen molar-refractivity contribution in [1.82, 2.24) is 9.03 Å². The van der Waals surface area contributed by atoms with Crippen LogP contribution in [-0.2, 0) is 10.2 Å². The fourth-order valence-electron chi connectivity index (χ4n) is 2.85. The quantitative estimate of drug-likeness (QED) is 0.841. The lowest BCUT2D eigenvalue weighted by atomic mass is 10.1. The number of rotatable bonds is 6. The molecule has 0 spiro atoms. The molecule has 5 nitrogen and oxygen atoms in total. The molecular formula is C15H25N3O2S. The Morgan fingerprint density at radius 2 is 2.05 bits per heavy atom. The summed E-state index contributed by atoms with van der Waals surface area (Å²) in [7, 11) is -3.50. The largest absolute Gasteiger partial charge is 0.329 e. The molecule has 1 aromatic rings. The van der Waals surface area contributed by atoms with E-state index in [2.05, 4.69) is 4.72 Å². The fraction of sp³-hybridized carbons (Fsp3) is 0.600. The average Bonchev–Trinajstić information content (AvgIpc) is 2.53. The van der Waals surface area contributed by atoms with Crippen LogP contribution in [0.4, 0.5) is 0 Å². The Labute approximate surface area is 127 Å². The zero-order valence-electron chi connectivity index (χ0n) is 12.5. The maximum Gasteiger partial charge on any atom is 0.280 e. The van der Waals surface area contributed by atoms with Crippen molar-refractivity contribution in [3.8, 4) is 0 Å². The van der Waals surface area contributed by atoms with E-state index in [1.165, 1.54) is 0 Å². The van der Waals surface area contributed by atoms with E-state index in [-0.39, 0.29) is 12.1 Å². The molecule has 2 unspecified atom stereocenters. The molecule has 1 saturated heterocycles. The molecule has 118 valence electrons. The van der Waals surface area contributed by atoms with Gasteiger partial charge in [-0.25, -0.2) is 0 Å². The molecule has 3 N–H and O–H groups in total. The number of hydrogen-bond donors (Lipinski definition) is 2. The lowest BCUT2D eigenvalue weighted by molar-refractivity contribution is 0.253. The van der Waals surface area contributed by atoms with Crippen LogP contribution in [0.3, 0.4) is 0 Å². The van der Waals surface area contributed by atoms with Crippen LogP contribution in [0.5, 0.6) is 0 Å². The molecule has 0 radical (unpaired) electrons. The molecule has 0 bridgehead atoms. The van der Waals surface area contributed by atoms with Gasteiger partial charge < -0.3 is 5.73 Å². The van der Waals surface area contributed by atoms with Crippen LogP contribution in [0.2, 0.25) is 0 Å². The Morgan fingerprint density at radius 1 is 1.33 bits per heavy atom. The summed E-state index contributed by atoms with van der Waals surface area (Å²) in [6.07, 6.45) is 3.51. The predicted molar refractivity (Wildman–Crippen MR) is 84.9 cm³/mol. The van der Waals surface area contributed by atoms with Crippen LogP contribution in [0, 0.1) is 0 Å². The van der Waals surface area contributed by atoms with E-state index in [1.807, 2.05) is 37.3 Å². The van der Waals surface area contributed by atoms with E-state index in [4.69, 9.17) is 5.73 Å². The Bertz CT molecular complexity index is 533. The summed E-state index contributed by atoms with van der Waals surface area (Å²) in [6, 6.07) is 9.41. The highest BCUT2D eigenvalue weighted by atomic mass is 32.2. The number of benzene rings is 1. The highest BCUT2D eigenvalue weighted by Crippen LogP contribution is 2.23. The van der Waals surface area contributed by atoms with Crippen LogP contribution in [0.1, 0.15) is 44.2 Å². The van der Waals surface area contributed by atoms with E-state index in [0.29, 0.717) is 19.5 Å². The van der Waals surface area contributed by atoms with Crippen molar-refractivity contribution in [2.75, 3.05) is 13.1 Å². The fourth-order valence-corrected chi connectivity index (χ4v) is 4.60. The first-order valence-electron chi connectivity index (χ1n) is 7.62. The van der Waals surface area contributed by atoms with Gasteiger partial charge in [0.05, 0.1) is 0 Å². The Kier molecular flexibility index (Phi) is 5.75. The summed E-state index contributed by atoms with van der Waals surface area (Å²) in [5, 5.41) is 0. The van der Waals surface area contributed by atoms with Crippen molar-refractivity contribution in [2.24, 2.45) is 5.73 Å². The lowest BCUT2D eigenvalue weighted by Crippen LogP contribution is -2.52. The normalized spacial score (nSPS) is 22.1. The first-order chi connectivity index (χ1) is 10.1. The highest BCUT2D eigenvalue weighted by Gasteiger charge is 2.32. The molecule has 1 aliphatic rings. The molecule has 2 rings (SSSR count). The summed E-state index contributed by atoms with van der Waals surface area (Å²) in [6.45, 7) is 2.92. The minimum Gasteiger partial charge on any atom is -0.329 e. The average molecular weight is 311 g/mol. The third-order valence-corrected chi connectivity index (χ3v) is 5.74. The number of nitrogens with two attached hydrogens (primary N) is 1. The predicted octanol–water partition coefficient (Wildman–Crippen LogP) is 1.79. The minimum absolute atomic E-state index is 0.0791. The molecule has 0 saturated carbocycles. The van der Waals surface area contributed by atoms with Gasteiger partial charge in [0.2, 0.25) is 0 Å². The SMILES string of the molecule is CCC(NS(=O)(=O)N1CCCCC1CN)c1ccccc1. The van der Waals surface area contributed by atoms with Crippen LogP contribution in [0.15, 0.2) is 30.3 Å². The standard InChI is InChI=1S/C15H25N3O2S/c1-2-15(13-8-4-3-5-9-13)17-21(19,20)18-11-7-6-10-14(18)12-16/h3-5,8-9,14-15,17H,2,6-7,10-12,16H2,1H3. The van der Waals surface area contributed by atoms with E-state index in [9.17, 15) is 8.42 Å². The molecule has 6 heteroatoms. The van der Waals surface area contributed by atoms with Gasteiger partial charge >= 0.3 is 0 Å².